The highest BCUT2D eigenvalue weighted by atomic mass is 16.3. The van der Waals surface area contributed by atoms with Crippen molar-refractivity contribution in [2.45, 2.75) is 19.4 Å². The lowest BCUT2D eigenvalue weighted by Crippen LogP contribution is -2.23. The summed E-state index contributed by atoms with van der Waals surface area (Å²) in [6.45, 7) is 2.15. The zero-order valence-corrected chi connectivity index (χ0v) is 11.9. The van der Waals surface area contributed by atoms with Gasteiger partial charge in [-0.1, -0.05) is 36.4 Å². The minimum atomic E-state index is 0.422. The Labute approximate surface area is 119 Å². The van der Waals surface area contributed by atoms with E-state index in [9.17, 15) is 0 Å². The molecule has 2 heteroatoms. The summed E-state index contributed by atoms with van der Waals surface area (Å²) in [5, 5.41) is 5.73. The molecule has 20 heavy (non-hydrogen) atoms. The summed E-state index contributed by atoms with van der Waals surface area (Å²) in [7, 11) is 1.97. The van der Waals surface area contributed by atoms with Crippen molar-refractivity contribution in [3.05, 3.63) is 60.4 Å². The first-order chi connectivity index (χ1) is 9.76. The first kappa shape index (κ1) is 12.9. The van der Waals surface area contributed by atoms with E-state index in [2.05, 4.69) is 66.8 Å². The van der Waals surface area contributed by atoms with Crippen LogP contribution in [0.25, 0.3) is 22.1 Å². The molecule has 102 valence electrons. The third kappa shape index (κ3) is 2.61. The Morgan fingerprint density at radius 3 is 2.60 bits per heavy atom. The van der Waals surface area contributed by atoms with Gasteiger partial charge in [-0.3, -0.25) is 0 Å². The number of fused-ring (bicyclic) bond motifs is 1. The second-order valence-electron chi connectivity index (χ2n) is 5.22. The molecule has 0 fully saturated rings. The summed E-state index contributed by atoms with van der Waals surface area (Å²) in [5.74, 6) is 1.96. The lowest BCUT2D eigenvalue weighted by atomic mass is 10.1. The topological polar surface area (TPSA) is 25.2 Å². The molecule has 1 heterocycles. The number of nitrogens with one attached hydrogen (secondary N) is 1. The fraction of sp³-hybridized carbons (Fsp3) is 0.222. The molecular formula is C18H19NO. The van der Waals surface area contributed by atoms with Gasteiger partial charge in [0.2, 0.25) is 0 Å². The van der Waals surface area contributed by atoms with Gasteiger partial charge in [-0.2, -0.15) is 0 Å². The summed E-state index contributed by atoms with van der Waals surface area (Å²) in [4.78, 5) is 0. The van der Waals surface area contributed by atoms with Crippen LogP contribution in [0, 0.1) is 0 Å². The molecule has 1 N–H and O–H groups in total. The van der Waals surface area contributed by atoms with E-state index in [1.807, 2.05) is 7.05 Å². The van der Waals surface area contributed by atoms with Crippen molar-refractivity contribution < 1.29 is 4.42 Å². The van der Waals surface area contributed by atoms with Gasteiger partial charge in [0.05, 0.1) is 0 Å². The van der Waals surface area contributed by atoms with Crippen LogP contribution in [0.4, 0.5) is 0 Å². The Kier molecular flexibility index (Phi) is 3.57. The summed E-state index contributed by atoms with van der Waals surface area (Å²) >= 11 is 0. The molecule has 1 atom stereocenters. The minimum absolute atomic E-state index is 0.422. The zero-order valence-electron chi connectivity index (χ0n) is 11.9. The second kappa shape index (κ2) is 5.51. The molecule has 2 nitrogen and oxygen atoms in total. The Morgan fingerprint density at radius 2 is 1.80 bits per heavy atom. The molecule has 3 rings (SSSR count). The predicted molar refractivity (Wildman–Crippen MR) is 83.9 cm³/mol. The molecule has 0 spiro atoms. The van der Waals surface area contributed by atoms with Crippen LogP contribution in [0.1, 0.15) is 12.7 Å². The minimum Gasteiger partial charge on any atom is -0.461 e. The highest BCUT2D eigenvalue weighted by molar-refractivity contribution is 5.86. The van der Waals surface area contributed by atoms with Gasteiger partial charge < -0.3 is 9.73 Å². The van der Waals surface area contributed by atoms with E-state index in [1.54, 1.807) is 0 Å². The van der Waals surface area contributed by atoms with Gasteiger partial charge in [-0.15, -0.1) is 0 Å². The van der Waals surface area contributed by atoms with Crippen LogP contribution in [0.5, 0.6) is 0 Å². The van der Waals surface area contributed by atoms with Crippen molar-refractivity contribution in [2.24, 2.45) is 0 Å². The van der Waals surface area contributed by atoms with Crippen molar-refractivity contribution in [1.29, 1.82) is 0 Å². The molecule has 0 aliphatic heterocycles. The van der Waals surface area contributed by atoms with Crippen molar-refractivity contribution in [3.8, 4) is 11.3 Å². The summed E-state index contributed by atoms with van der Waals surface area (Å²) in [6, 6.07) is 19.4. The molecule has 3 aromatic rings. The maximum atomic E-state index is 5.95. The first-order valence-electron chi connectivity index (χ1n) is 7.01. The largest absolute Gasteiger partial charge is 0.461 e. The zero-order chi connectivity index (χ0) is 13.9. The monoisotopic (exact) mass is 265 g/mol. The third-order valence-electron chi connectivity index (χ3n) is 3.70. The average Bonchev–Trinajstić information content (AvgIpc) is 2.95. The Balaban J connectivity index is 1.91. The molecule has 0 radical (unpaired) electrons. The molecule has 0 saturated heterocycles. The van der Waals surface area contributed by atoms with Crippen LogP contribution in [0.2, 0.25) is 0 Å². The van der Waals surface area contributed by atoms with E-state index in [1.165, 1.54) is 10.8 Å². The smallest absolute Gasteiger partial charge is 0.134 e. The molecule has 1 unspecified atom stereocenters. The van der Waals surface area contributed by atoms with Gasteiger partial charge in [0, 0.05) is 18.0 Å². The number of hydrogen-bond acceptors (Lipinski definition) is 2. The molecule has 2 aromatic carbocycles. The van der Waals surface area contributed by atoms with Gasteiger partial charge in [0.1, 0.15) is 11.5 Å². The Morgan fingerprint density at radius 1 is 1.00 bits per heavy atom. The normalized spacial score (nSPS) is 12.7. The Bertz CT molecular complexity index is 714. The highest BCUT2D eigenvalue weighted by Crippen LogP contribution is 2.26. The fourth-order valence-corrected chi connectivity index (χ4v) is 2.39. The molecule has 0 saturated carbocycles. The van der Waals surface area contributed by atoms with Crippen LogP contribution in [-0.4, -0.2) is 13.1 Å². The number of likely N-dealkylation sites (N-methyl/N-ethyl adjacent to an activating group) is 1. The number of hydrogen-bond donors (Lipinski definition) is 1. The molecule has 0 amide bonds. The van der Waals surface area contributed by atoms with E-state index < -0.39 is 0 Å². The van der Waals surface area contributed by atoms with E-state index in [0.29, 0.717) is 6.04 Å². The molecule has 0 aliphatic rings. The highest BCUT2D eigenvalue weighted by Gasteiger charge is 2.08. The second-order valence-corrected chi connectivity index (χ2v) is 5.22. The van der Waals surface area contributed by atoms with Gasteiger partial charge in [0.15, 0.2) is 0 Å². The average molecular weight is 265 g/mol. The van der Waals surface area contributed by atoms with E-state index in [4.69, 9.17) is 4.42 Å². The lowest BCUT2D eigenvalue weighted by molar-refractivity contribution is 0.481. The molecular weight excluding hydrogens is 246 g/mol. The van der Waals surface area contributed by atoms with E-state index in [-0.39, 0.29) is 0 Å². The first-order valence-corrected chi connectivity index (χ1v) is 7.01. The Hall–Kier alpha value is -2.06. The van der Waals surface area contributed by atoms with Crippen LogP contribution in [0.15, 0.2) is 59.0 Å². The standard InChI is InChI=1S/C18H19NO/c1-13(19-2)11-17-9-10-18(20-17)16-8-7-14-5-3-4-6-15(14)12-16/h3-10,12-13,19H,11H2,1-2H3. The number of benzene rings is 2. The SMILES string of the molecule is CNC(C)Cc1ccc(-c2ccc3ccccc3c2)o1. The van der Waals surface area contributed by atoms with Crippen LogP contribution >= 0.6 is 0 Å². The predicted octanol–water partition coefficient (Wildman–Crippen LogP) is 4.25. The maximum Gasteiger partial charge on any atom is 0.134 e. The van der Waals surface area contributed by atoms with Crippen LogP contribution < -0.4 is 5.32 Å². The van der Waals surface area contributed by atoms with Gasteiger partial charge in [0.25, 0.3) is 0 Å². The van der Waals surface area contributed by atoms with Crippen LogP contribution in [-0.2, 0) is 6.42 Å². The third-order valence-corrected chi connectivity index (χ3v) is 3.70. The fourth-order valence-electron chi connectivity index (χ4n) is 2.39. The molecule has 0 bridgehead atoms. The summed E-state index contributed by atoms with van der Waals surface area (Å²) in [6.07, 6.45) is 0.907. The van der Waals surface area contributed by atoms with Gasteiger partial charge >= 0.3 is 0 Å². The maximum absolute atomic E-state index is 5.95. The quantitative estimate of drug-likeness (QED) is 0.763. The van der Waals surface area contributed by atoms with Crippen molar-refractivity contribution in [2.75, 3.05) is 7.05 Å². The van der Waals surface area contributed by atoms with Gasteiger partial charge in [-0.25, -0.2) is 0 Å². The summed E-state index contributed by atoms with van der Waals surface area (Å²) in [5.41, 5.74) is 1.13. The van der Waals surface area contributed by atoms with Crippen molar-refractivity contribution in [3.63, 3.8) is 0 Å². The number of rotatable bonds is 4. The molecule has 0 aliphatic carbocycles. The van der Waals surface area contributed by atoms with E-state index in [0.717, 1.165) is 23.5 Å². The molecule has 1 aromatic heterocycles. The number of furan rings is 1. The van der Waals surface area contributed by atoms with Gasteiger partial charge in [-0.05, 0) is 42.9 Å². The van der Waals surface area contributed by atoms with Crippen molar-refractivity contribution in [1.82, 2.24) is 5.32 Å². The lowest BCUT2D eigenvalue weighted by Gasteiger charge is -2.07. The van der Waals surface area contributed by atoms with Crippen LogP contribution in [0.3, 0.4) is 0 Å². The van der Waals surface area contributed by atoms with Crippen molar-refractivity contribution >= 4 is 10.8 Å². The summed E-state index contributed by atoms with van der Waals surface area (Å²) < 4.78 is 5.95. The van der Waals surface area contributed by atoms with E-state index >= 15 is 0 Å².